The fourth-order valence-electron chi connectivity index (χ4n) is 2.34. The molecule has 0 aliphatic carbocycles. The van der Waals surface area contributed by atoms with E-state index in [9.17, 15) is 5.11 Å². The van der Waals surface area contributed by atoms with Crippen molar-refractivity contribution >= 4 is 17.3 Å². The number of rotatable bonds is 4. The average Bonchev–Trinajstić information content (AvgIpc) is 2.46. The molecule has 1 N–H and O–H groups in total. The van der Waals surface area contributed by atoms with Crippen LogP contribution in [0.25, 0.3) is 0 Å². The first kappa shape index (κ1) is 14.9. The molecule has 0 saturated carbocycles. The minimum atomic E-state index is -0.480. The van der Waals surface area contributed by atoms with Crippen LogP contribution >= 0.6 is 11.6 Å². The van der Waals surface area contributed by atoms with Crippen LogP contribution in [-0.2, 0) is 0 Å². The predicted molar refractivity (Wildman–Crippen MR) is 85.3 cm³/mol. The van der Waals surface area contributed by atoms with Crippen LogP contribution in [0.4, 0.5) is 5.69 Å². The highest BCUT2D eigenvalue weighted by Gasteiger charge is 2.16. The molecule has 2 aromatic carbocycles. The van der Waals surface area contributed by atoms with Gasteiger partial charge >= 0.3 is 0 Å². The second-order valence-corrected chi connectivity index (χ2v) is 5.51. The topological polar surface area (TPSA) is 23.5 Å². The predicted octanol–water partition coefficient (Wildman–Crippen LogP) is 4.59. The van der Waals surface area contributed by atoms with Gasteiger partial charge in [0.1, 0.15) is 0 Å². The van der Waals surface area contributed by atoms with Gasteiger partial charge in [-0.15, -0.1) is 0 Å². The van der Waals surface area contributed by atoms with Crippen molar-refractivity contribution in [3.8, 4) is 0 Å². The molecule has 2 nitrogen and oxygen atoms in total. The number of anilines is 1. The molecule has 2 unspecified atom stereocenters. The molecule has 0 aromatic heterocycles. The lowest BCUT2D eigenvalue weighted by Crippen LogP contribution is -2.23. The number of benzene rings is 2. The summed E-state index contributed by atoms with van der Waals surface area (Å²) in [5, 5.41) is 10.6. The van der Waals surface area contributed by atoms with E-state index in [1.165, 1.54) is 5.56 Å². The highest BCUT2D eigenvalue weighted by atomic mass is 35.5. The van der Waals surface area contributed by atoms with E-state index < -0.39 is 6.10 Å². The Hall–Kier alpha value is -1.51. The summed E-state index contributed by atoms with van der Waals surface area (Å²) in [4.78, 5) is 2.17. The van der Waals surface area contributed by atoms with Crippen LogP contribution in [0, 0.1) is 0 Å². The van der Waals surface area contributed by atoms with Gasteiger partial charge in [0.05, 0.1) is 12.1 Å². The van der Waals surface area contributed by atoms with Crippen molar-refractivity contribution in [1.29, 1.82) is 0 Å². The van der Waals surface area contributed by atoms with Crippen LogP contribution in [0.5, 0.6) is 0 Å². The van der Waals surface area contributed by atoms with Crippen LogP contribution in [0.1, 0.15) is 37.1 Å². The van der Waals surface area contributed by atoms with Crippen LogP contribution < -0.4 is 4.90 Å². The van der Waals surface area contributed by atoms with Crippen LogP contribution in [-0.4, -0.2) is 12.2 Å². The molecule has 0 aliphatic rings. The highest BCUT2D eigenvalue weighted by Crippen LogP contribution is 2.31. The van der Waals surface area contributed by atoms with E-state index in [0.29, 0.717) is 0 Å². The molecule has 106 valence electrons. The smallest absolute Gasteiger partial charge is 0.0781 e. The second kappa shape index (κ2) is 6.29. The third-order valence-electron chi connectivity index (χ3n) is 3.70. The Labute approximate surface area is 125 Å². The summed E-state index contributed by atoms with van der Waals surface area (Å²) >= 11 is 5.93. The molecule has 2 atom stereocenters. The van der Waals surface area contributed by atoms with Crippen LogP contribution in [0.3, 0.4) is 0 Å². The summed E-state index contributed by atoms with van der Waals surface area (Å²) in [6.07, 6.45) is -0.480. The zero-order valence-corrected chi connectivity index (χ0v) is 12.8. The lowest BCUT2D eigenvalue weighted by molar-refractivity contribution is 0.199. The first-order chi connectivity index (χ1) is 9.50. The molecule has 0 saturated heterocycles. The molecular weight excluding hydrogens is 270 g/mol. The SMILES string of the molecule is CC(O)c1ccccc1N(C)C(C)c1ccc(Cl)cc1. The molecule has 2 rings (SSSR count). The van der Waals surface area contributed by atoms with Gasteiger partial charge in [-0.2, -0.15) is 0 Å². The highest BCUT2D eigenvalue weighted by molar-refractivity contribution is 6.30. The largest absolute Gasteiger partial charge is 0.389 e. The molecule has 3 heteroatoms. The summed E-state index contributed by atoms with van der Waals surface area (Å²) in [5.41, 5.74) is 3.18. The Kier molecular flexibility index (Phi) is 4.69. The van der Waals surface area contributed by atoms with E-state index in [1.54, 1.807) is 6.92 Å². The maximum absolute atomic E-state index is 9.90. The summed E-state index contributed by atoms with van der Waals surface area (Å²) < 4.78 is 0. The number of aliphatic hydroxyl groups excluding tert-OH is 1. The minimum absolute atomic E-state index is 0.201. The summed E-state index contributed by atoms with van der Waals surface area (Å²) in [6.45, 7) is 3.93. The standard InChI is InChI=1S/C17H20ClNO/c1-12(14-8-10-15(18)11-9-14)19(3)17-7-5-4-6-16(17)13(2)20/h4-13,20H,1-3H3. The zero-order chi connectivity index (χ0) is 14.7. The third kappa shape index (κ3) is 3.14. The molecule has 0 bridgehead atoms. The Bertz CT molecular complexity index is 565. The quantitative estimate of drug-likeness (QED) is 0.890. The molecule has 0 fully saturated rings. The molecule has 0 heterocycles. The number of nitrogens with zero attached hydrogens (tertiary/aromatic N) is 1. The molecule has 0 amide bonds. The van der Waals surface area contributed by atoms with Crippen molar-refractivity contribution in [3.63, 3.8) is 0 Å². The third-order valence-corrected chi connectivity index (χ3v) is 3.95. The number of para-hydroxylation sites is 1. The molecule has 0 radical (unpaired) electrons. The zero-order valence-electron chi connectivity index (χ0n) is 12.0. The van der Waals surface area contributed by atoms with Gasteiger partial charge in [0.2, 0.25) is 0 Å². The van der Waals surface area contributed by atoms with E-state index in [0.717, 1.165) is 16.3 Å². The molecule has 0 spiro atoms. The van der Waals surface area contributed by atoms with E-state index in [2.05, 4.69) is 11.8 Å². The molecule has 2 aromatic rings. The van der Waals surface area contributed by atoms with Gasteiger partial charge in [0.15, 0.2) is 0 Å². The Balaban J connectivity index is 2.31. The maximum atomic E-state index is 9.90. The number of hydrogen-bond donors (Lipinski definition) is 1. The number of hydrogen-bond acceptors (Lipinski definition) is 2. The lowest BCUT2D eigenvalue weighted by Gasteiger charge is -2.30. The fraction of sp³-hybridized carbons (Fsp3) is 0.294. The molecule has 0 aliphatic heterocycles. The van der Waals surface area contributed by atoms with Gasteiger partial charge in [0, 0.05) is 23.3 Å². The molecule has 20 heavy (non-hydrogen) atoms. The van der Waals surface area contributed by atoms with Gasteiger partial charge in [-0.05, 0) is 37.6 Å². The Morgan fingerprint density at radius 1 is 1.00 bits per heavy atom. The maximum Gasteiger partial charge on any atom is 0.0781 e. The summed E-state index contributed by atoms with van der Waals surface area (Å²) in [6, 6.07) is 16.0. The van der Waals surface area contributed by atoms with E-state index in [4.69, 9.17) is 11.6 Å². The van der Waals surface area contributed by atoms with Crippen LogP contribution in [0.2, 0.25) is 5.02 Å². The fourth-order valence-corrected chi connectivity index (χ4v) is 2.46. The van der Waals surface area contributed by atoms with Gasteiger partial charge < -0.3 is 10.0 Å². The first-order valence-electron chi connectivity index (χ1n) is 6.76. The van der Waals surface area contributed by atoms with Crippen molar-refractivity contribution in [2.75, 3.05) is 11.9 Å². The molecular formula is C17H20ClNO. The monoisotopic (exact) mass is 289 g/mol. The average molecular weight is 290 g/mol. The van der Waals surface area contributed by atoms with Gasteiger partial charge in [0.25, 0.3) is 0 Å². The van der Waals surface area contributed by atoms with Crippen molar-refractivity contribution in [3.05, 3.63) is 64.7 Å². The first-order valence-corrected chi connectivity index (χ1v) is 7.13. The minimum Gasteiger partial charge on any atom is -0.389 e. The van der Waals surface area contributed by atoms with Gasteiger partial charge in [-0.3, -0.25) is 0 Å². The van der Waals surface area contributed by atoms with Crippen molar-refractivity contribution in [2.24, 2.45) is 0 Å². The second-order valence-electron chi connectivity index (χ2n) is 5.07. The lowest BCUT2D eigenvalue weighted by atomic mass is 10.0. The number of aliphatic hydroxyl groups is 1. The number of halogens is 1. The van der Waals surface area contributed by atoms with Crippen LogP contribution in [0.15, 0.2) is 48.5 Å². The van der Waals surface area contributed by atoms with Crippen molar-refractivity contribution in [2.45, 2.75) is 26.0 Å². The van der Waals surface area contributed by atoms with E-state index in [-0.39, 0.29) is 6.04 Å². The summed E-state index contributed by atoms with van der Waals surface area (Å²) in [7, 11) is 2.04. The summed E-state index contributed by atoms with van der Waals surface area (Å²) in [5.74, 6) is 0. The normalized spacial score (nSPS) is 13.8. The van der Waals surface area contributed by atoms with E-state index in [1.807, 2.05) is 55.6 Å². The van der Waals surface area contributed by atoms with Crippen molar-refractivity contribution < 1.29 is 5.11 Å². The van der Waals surface area contributed by atoms with E-state index >= 15 is 0 Å². The Morgan fingerprint density at radius 3 is 2.20 bits per heavy atom. The Morgan fingerprint density at radius 2 is 1.60 bits per heavy atom. The van der Waals surface area contributed by atoms with Crippen molar-refractivity contribution in [1.82, 2.24) is 0 Å². The van der Waals surface area contributed by atoms with Gasteiger partial charge in [-0.1, -0.05) is 41.9 Å². The van der Waals surface area contributed by atoms with Gasteiger partial charge in [-0.25, -0.2) is 0 Å².